The zero-order chi connectivity index (χ0) is 10.3. The second-order valence-electron chi connectivity index (χ2n) is 2.53. The van der Waals surface area contributed by atoms with Crippen molar-refractivity contribution in [3.8, 4) is 0 Å². The lowest BCUT2D eigenvalue weighted by Gasteiger charge is -2.19. The van der Waals surface area contributed by atoms with Crippen molar-refractivity contribution in [3.63, 3.8) is 0 Å². The van der Waals surface area contributed by atoms with E-state index in [4.69, 9.17) is 0 Å². The van der Waals surface area contributed by atoms with Crippen molar-refractivity contribution in [3.05, 3.63) is 0 Å². The molecule has 0 aliphatic carbocycles. The van der Waals surface area contributed by atoms with E-state index < -0.39 is 0 Å². The van der Waals surface area contributed by atoms with E-state index in [1.807, 2.05) is 6.92 Å². The predicted molar refractivity (Wildman–Crippen MR) is 52.7 cm³/mol. The molecule has 0 rings (SSSR count). The predicted octanol–water partition coefficient (Wildman–Crippen LogP) is 0.793. The molecule has 0 radical (unpaired) electrons. The summed E-state index contributed by atoms with van der Waals surface area (Å²) in [7, 11) is 1.31. The van der Waals surface area contributed by atoms with Crippen LogP contribution in [0.15, 0.2) is 0 Å². The van der Waals surface area contributed by atoms with Gasteiger partial charge in [0, 0.05) is 6.54 Å². The van der Waals surface area contributed by atoms with Gasteiger partial charge < -0.3 is 9.64 Å². The summed E-state index contributed by atoms with van der Waals surface area (Å²) in [5.74, 6) is -0.477. The fourth-order valence-corrected chi connectivity index (χ4v) is 1.22. The van der Waals surface area contributed by atoms with Crippen LogP contribution in [0.4, 0.5) is 0 Å². The molecule has 0 aromatic carbocycles. The van der Waals surface area contributed by atoms with Crippen molar-refractivity contribution in [1.82, 2.24) is 4.90 Å². The van der Waals surface area contributed by atoms with Gasteiger partial charge in [-0.15, -0.1) is 0 Å². The number of rotatable bonds is 5. The zero-order valence-corrected chi connectivity index (χ0v) is 9.46. The number of hydrogen-bond donors (Lipinski definition) is 0. The first-order valence-electron chi connectivity index (χ1n) is 4.06. The summed E-state index contributed by atoms with van der Waals surface area (Å²) in [5.41, 5.74) is 0. The van der Waals surface area contributed by atoms with Crippen molar-refractivity contribution in [2.45, 2.75) is 13.3 Å². The molecule has 5 heteroatoms. The average Bonchev–Trinajstić information content (AvgIpc) is 2.15. The minimum atomic E-state index is -0.386. The Morgan fingerprint density at radius 1 is 1.46 bits per heavy atom. The number of alkyl halides is 1. The van der Waals surface area contributed by atoms with Crippen LogP contribution in [0.5, 0.6) is 0 Å². The summed E-state index contributed by atoms with van der Waals surface area (Å²) in [6.45, 7) is 2.57. The lowest BCUT2D eigenvalue weighted by atomic mass is 10.4. The number of hydrogen-bond acceptors (Lipinski definition) is 3. The van der Waals surface area contributed by atoms with Gasteiger partial charge in [-0.1, -0.05) is 22.9 Å². The minimum absolute atomic E-state index is 0.0365. The van der Waals surface area contributed by atoms with Crippen LogP contribution < -0.4 is 0 Å². The van der Waals surface area contributed by atoms with E-state index in [0.717, 1.165) is 6.42 Å². The SMILES string of the molecule is CCCN(CC(=O)OC)C(=O)CBr. The normalized spacial score (nSPS) is 9.46. The first-order valence-corrected chi connectivity index (χ1v) is 5.18. The van der Waals surface area contributed by atoms with Gasteiger partial charge in [0.1, 0.15) is 6.54 Å². The summed E-state index contributed by atoms with van der Waals surface area (Å²) in [4.78, 5) is 23.6. The summed E-state index contributed by atoms with van der Waals surface area (Å²) in [6, 6.07) is 0. The molecule has 0 saturated heterocycles. The third-order valence-corrected chi connectivity index (χ3v) is 1.99. The van der Waals surface area contributed by atoms with Crippen LogP contribution in [-0.2, 0) is 14.3 Å². The van der Waals surface area contributed by atoms with E-state index in [2.05, 4.69) is 20.7 Å². The smallest absolute Gasteiger partial charge is 0.325 e. The van der Waals surface area contributed by atoms with E-state index in [1.165, 1.54) is 12.0 Å². The molecule has 0 N–H and O–H groups in total. The molecular formula is C8H14BrNO3. The van der Waals surface area contributed by atoms with Gasteiger partial charge >= 0.3 is 5.97 Å². The Balaban J connectivity index is 4.08. The fourth-order valence-electron chi connectivity index (χ4n) is 0.867. The highest BCUT2D eigenvalue weighted by Crippen LogP contribution is 1.96. The molecule has 1 amide bonds. The lowest BCUT2D eigenvalue weighted by Crippen LogP contribution is -2.37. The highest BCUT2D eigenvalue weighted by atomic mass is 79.9. The monoisotopic (exact) mass is 251 g/mol. The molecule has 0 aliphatic rings. The molecule has 0 spiro atoms. The number of methoxy groups -OCH3 is 1. The summed E-state index contributed by atoms with van der Waals surface area (Å²) in [6.07, 6.45) is 0.829. The number of esters is 1. The second kappa shape index (κ2) is 6.88. The zero-order valence-electron chi connectivity index (χ0n) is 7.88. The van der Waals surface area contributed by atoms with E-state index >= 15 is 0 Å². The number of carbonyl (C=O) groups is 2. The molecule has 0 aromatic heterocycles. The number of ether oxygens (including phenoxy) is 1. The molecule has 0 bridgehead atoms. The average molecular weight is 252 g/mol. The number of carbonyl (C=O) groups excluding carboxylic acids is 2. The van der Waals surface area contributed by atoms with Gasteiger partial charge in [-0.3, -0.25) is 9.59 Å². The van der Waals surface area contributed by atoms with Gasteiger partial charge in [-0.05, 0) is 6.42 Å². The third-order valence-electron chi connectivity index (χ3n) is 1.51. The first-order chi connectivity index (χ1) is 6.15. The topological polar surface area (TPSA) is 46.6 Å². The Morgan fingerprint density at radius 3 is 2.46 bits per heavy atom. The molecule has 0 atom stereocenters. The van der Waals surface area contributed by atoms with E-state index in [1.54, 1.807) is 0 Å². The van der Waals surface area contributed by atoms with E-state index in [0.29, 0.717) is 6.54 Å². The van der Waals surface area contributed by atoms with Crippen molar-refractivity contribution < 1.29 is 14.3 Å². The number of nitrogens with zero attached hydrogens (tertiary/aromatic N) is 1. The van der Waals surface area contributed by atoms with Gasteiger partial charge in [0.2, 0.25) is 5.91 Å². The highest BCUT2D eigenvalue weighted by Gasteiger charge is 2.14. The Kier molecular flexibility index (Phi) is 6.58. The molecule has 0 aliphatic heterocycles. The summed E-state index contributed by atoms with van der Waals surface area (Å²) < 4.78 is 4.47. The largest absolute Gasteiger partial charge is 0.468 e. The first kappa shape index (κ1) is 12.4. The van der Waals surface area contributed by atoms with Crippen LogP contribution in [0.3, 0.4) is 0 Å². The van der Waals surface area contributed by atoms with Crippen molar-refractivity contribution in [2.24, 2.45) is 0 Å². The van der Waals surface area contributed by atoms with Gasteiger partial charge in [0.25, 0.3) is 0 Å². The molecule has 13 heavy (non-hydrogen) atoms. The summed E-state index contributed by atoms with van der Waals surface area (Å²) in [5, 5.41) is 0.240. The maximum atomic E-state index is 11.2. The van der Waals surface area contributed by atoms with E-state index in [9.17, 15) is 9.59 Å². The summed E-state index contributed by atoms with van der Waals surface area (Å²) >= 11 is 3.05. The van der Waals surface area contributed by atoms with Crippen LogP contribution in [0.25, 0.3) is 0 Å². The molecular weight excluding hydrogens is 238 g/mol. The number of amides is 1. The maximum absolute atomic E-state index is 11.2. The standard InChI is InChI=1S/C8H14BrNO3/c1-3-4-10(7(11)5-9)6-8(12)13-2/h3-6H2,1-2H3. The Bertz CT molecular complexity index is 184. The fraction of sp³-hybridized carbons (Fsp3) is 0.750. The van der Waals surface area contributed by atoms with Crippen LogP contribution in [0, 0.1) is 0 Å². The van der Waals surface area contributed by atoms with Crippen molar-refractivity contribution in [1.29, 1.82) is 0 Å². The highest BCUT2D eigenvalue weighted by molar-refractivity contribution is 9.09. The molecule has 76 valence electrons. The molecule has 0 unspecified atom stereocenters. The minimum Gasteiger partial charge on any atom is -0.468 e. The van der Waals surface area contributed by atoms with Crippen molar-refractivity contribution in [2.75, 3.05) is 25.5 Å². The van der Waals surface area contributed by atoms with Crippen LogP contribution in [-0.4, -0.2) is 42.3 Å². The maximum Gasteiger partial charge on any atom is 0.325 e. The molecule has 0 aromatic rings. The van der Waals surface area contributed by atoms with E-state index in [-0.39, 0.29) is 23.8 Å². The van der Waals surface area contributed by atoms with Gasteiger partial charge in [-0.25, -0.2) is 0 Å². The molecule has 0 heterocycles. The Morgan fingerprint density at radius 2 is 2.08 bits per heavy atom. The number of halogens is 1. The van der Waals surface area contributed by atoms with Gasteiger partial charge in [-0.2, -0.15) is 0 Å². The second-order valence-corrected chi connectivity index (χ2v) is 3.09. The molecule has 4 nitrogen and oxygen atoms in total. The van der Waals surface area contributed by atoms with Crippen molar-refractivity contribution >= 4 is 27.8 Å². The van der Waals surface area contributed by atoms with Crippen LogP contribution >= 0.6 is 15.9 Å². The van der Waals surface area contributed by atoms with Crippen LogP contribution in [0.2, 0.25) is 0 Å². The lowest BCUT2D eigenvalue weighted by molar-refractivity contribution is -0.146. The van der Waals surface area contributed by atoms with Gasteiger partial charge in [0.15, 0.2) is 0 Å². The Labute approximate surface area is 86.4 Å². The Hall–Kier alpha value is -0.580. The van der Waals surface area contributed by atoms with Crippen LogP contribution in [0.1, 0.15) is 13.3 Å². The third kappa shape index (κ3) is 4.87. The van der Waals surface area contributed by atoms with Gasteiger partial charge in [0.05, 0.1) is 12.4 Å². The quantitative estimate of drug-likeness (QED) is 0.537. The molecule has 0 saturated carbocycles. The molecule has 0 fully saturated rings.